The first-order valence-electron chi connectivity index (χ1n) is 3.81. The van der Waals surface area contributed by atoms with Gasteiger partial charge < -0.3 is 5.73 Å². The van der Waals surface area contributed by atoms with Crippen molar-refractivity contribution in [2.24, 2.45) is 0 Å². The summed E-state index contributed by atoms with van der Waals surface area (Å²) in [6.45, 7) is 0. The van der Waals surface area contributed by atoms with Crippen molar-refractivity contribution in [3.05, 3.63) is 21.9 Å². The SMILES string of the molecule is Nc1ncc(S(=O)(=O)Cl)c(C(F)F)c1[N+](=O)[O-]. The van der Waals surface area contributed by atoms with E-state index in [-0.39, 0.29) is 0 Å². The molecule has 1 rings (SSSR count). The van der Waals surface area contributed by atoms with Crippen molar-refractivity contribution in [3.63, 3.8) is 0 Å². The summed E-state index contributed by atoms with van der Waals surface area (Å²) in [6.07, 6.45) is -2.98. The third-order valence-electron chi connectivity index (χ3n) is 1.75. The molecule has 1 heterocycles. The number of halogens is 3. The van der Waals surface area contributed by atoms with Crippen LogP contribution in [0.3, 0.4) is 0 Å². The lowest BCUT2D eigenvalue weighted by molar-refractivity contribution is -0.385. The maximum Gasteiger partial charge on any atom is 0.321 e. The normalized spacial score (nSPS) is 11.8. The summed E-state index contributed by atoms with van der Waals surface area (Å²) < 4.78 is 47.2. The molecule has 0 saturated carbocycles. The molecule has 0 aliphatic heterocycles. The first kappa shape index (κ1) is 13.5. The number of pyridine rings is 1. The lowest BCUT2D eigenvalue weighted by Crippen LogP contribution is -2.08. The second-order valence-electron chi connectivity index (χ2n) is 2.77. The van der Waals surface area contributed by atoms with Crippen LogP contribution in [0.15, 0.2) is 11.1 Å². The number of anilines is 1. The quantitative estimate of drug-likeness (QED) is 0.511. The molecule has 0 spiro atoms. The Bertz CT molecular complexity index is 577. The summed E-state index contributed by atoms with van der Waals surface area (Å²) in [7, 11) is 0.291. The van der Waals surface area contributed by atoms with Crippen LogP contribution >= 0.6 is 10.7 Å². The molecule has 1 aromatic heterocycles. The fourth-order valence-corrected chi connectivity index (χ4v) is 2.11. The van der Waals surface area contributed by atoms with Crippen molar-refractivity contribution < 1.29 is 22.1 Å². The summed E-state index contributed by atoms with van der Waals surface area (Å²) in [5.41, 5.74) is 2.42. The Balaban J connectivity index is 3.78. The van der Waals surface area contributed by atoms with Gasteiger partial charge in [-0.1, -0.05) is 0 Å². The zero-order chi connectivity index (χ0) is 13.4. The van der Waals surface area contributed by atoms with Gasteiger partial charge in [0.1, 0.15) is 10.5 Å². The van der Waals surface area contributed by atoms with Crippen LogP contribution in [-0.4, -0.2) is 18.3 Å². The van der Waals surface area contributed by atoms with Gasteiger partial charge in [0.25, 0.3) is 15.5 Å². The van der Waals surface area contributed by atoms with E-state index in [1.807, 2.05) is 0 Å². The van der Waals surface area contributed by atoms with Gasteiger partial charge in [-0.05, 0) is 0 Å². The standard InChI is InChI=1S/C6H4ClF2N3O4S/c7-17(15,16)2-1-11-6(10)4(12(13)14)3(2)5(8)9/h1,5H,(H2,10,11). The molecule has 0 aliphatic rings. The predicted molar refractivity (Wildman–Crippen MR) is 53.3 cm³/mol. The van der Waals surface area contributed by atoms with Gasteiger partial charge >= 0.3 is 5.69 Å². The van der Waals surface area contributed by atoms with Crippen molar-refractivity contribution in [2.45, 2.75) is 11.3 Å². The fraction of sp³-hybridized carbons (Fsp3) is 0.167. The molecule has 0 aliphatic carbocycles. The van der Waals surface area contributed by atoms with E-state index in [1.54, 1.807) is 0 Å². The van der Waals surface area contributed by atoms with E-state index in [0.717, 1.165) is 0 Å². The first-order valence-corrected chi connectivity index (χ1v) is 6.12. The summed E-state index contributed by atoms with van der Waals surface area (Å²) in [5, 5.41) is 10.5. The second kappa shape index (κ2) is 4.37. The highest BCUT2D eigenvalue weighted by Gasteiger charge is 2.33. The number of aromatic nitrogens is 1. The minimum atomic E-state index is -4.58. The minimum absolute atomic E-state index is 0.451. The van der Waals surface area contributed by atoms with Gasteiger partial charge in [-0.15, -0.1) is 0 Å². The molecule has 1 aromatic rings. The van der Waals surface area contributed by atoms with Crippen molar-refractivity contribution in [1.29, 1.82) is 0 Å². The molecule has 0 aromatic carbocycles. The van der Waals surface area contributed by atoms with Crippen LogP contribution in [-0.2, 0) is 9.05 Å². The lowest BCUT2D eigenvalue weighted by Gasteiger charge is -2.07. The Hall–Kier alpha value is -1.55. The smallest absolute Gasteiger partial charge is 0.321 e. The van der Waals surface area contributed by atoms with Crippen LogP contribution in [0, 0.1) is 10.1 Å². The van der Waals surface area contributed by atoms with E-state index < -0.39 is 42.4 Å². The number of nitrogens with two attached hydrogens (primary N) is 1. The highest BCUT2D eigenvalue weighted by Crippen LogP contribution is 2.38. The van der Waals surface area contributed by atoms with Crippen LogP contribution in [0.4, 0.5) is 20.3 Å². The van der Waals surface area contributed by atoms with Gasteiger partial charge in [-0.2, -0.15) is 0 Å². The second-order valence-corrected chi connectivity index (χ2v) is 5.30. The first-order chi connectivity index (χ1) is 7.66. The summed E-state index contributed by atoms with van der Waals surface area (Å²) in [5.74, 6) is -0.811. The molecular weight excluding hydrogens is 284 g/mol. The van der Waals surface area contributed by atoms with E-state index in [9.17, 15) is 27.3 Å². The monoisotopic (exact) mass is 287 g/mol. The number of hydrogen-bond acceptors (Lipinski definition) is 6. The molecule has 0 atom stereocenters. The third kappa shape index (κ3) is 2.58. The molecule has 0 saturated heterocycles. The molecule has 0 fully saturated rings. The van der Waals surface area contributed by atoms with Crippen molar-refractivity contribution in [1.82, 2.24) is 4.98 Å². The Morgan fingerprint density at radius 2 is 2.06 bits per heavy atom. The highest BCUT2D eigenvalue weighted by atomic mass is 35.7. The summed E-state index contributed by atoms with van der Waals surface area (Å²) in [4.78, 5) is 11.3. The highest BCUT2D eigenvalue weighted by molar-refractivity contribution is 8.13. The topological polar surface area (TPSA) is 116 Å². The Labute approximate surface area is 97.8 Å². The van der Waals surface area contributed by atoms with Gasteiger partial charge in [-0.25, -0.2) is 22.2 Å². The lowest BCUT2D eigenvalue weighted by atomic mass is 10.2. The number of alkyl halides is 2. The zero-order valence-electron chi connectivity index (χ0n) is 7.80. The van der Waals surface area contributed by atoms with Crippen LogP contribution in [0.25, 0.3) is 0 Å². The van der Waals surface area contributed by atoms with Gasteiger partial charge in [0, 0.05) is 10.7 Å². The zero-order valence-corrected chi connectivity index (χ0v) is 9.37. The molecule has 94 valence electrons. The molecule has 2 N–H and O–H groups in total. The fourth-order valence-electron chi connectivity index (χ4n) is 1.11. The number of nitrogens with zero attached hydrogens (tertiary/aromatic N) is 2. The van der Waals surface area contributed by atoms with E-state index in [4.69, 9.17) is 16.4 Å². The largest absolute Gasteiger partial charge is 0.378 e. The maximum atomic E-state index is 12.6. The van der Waals surface area contributed by atoms with E-state index in [0.29, 0.717) is 6.20 Å². The van der Waals surface area contributed by atoms with Crippen molar-refractivity contribution >= 4 is 31.2 Å². The van der Waals surface area contributed by atoms with Crippen molar-refractivity contribution in [3.8, 4) is 0 Å². The van der Waals surface area contributed by atoms with Crippen molar-refractivity contribution in [2.75, 3.05) is 5.73 Å². The predicted octanol–water partition coefficient (Wildman–Crippen LogP) is 1.44. The van der Waals surface area contributed by atoms with Gasteiger partial charge in [0.05, 0.1) is 11.1 Å². The minimum Gasteiger partial charge on any atom is -0.378 e. The Morgan fingerprint density at radius 1 is 1.53 bits per heavy atom. The van der Waals surface area contributed by atoms with E-state index in [1.165, 1.54) is 0 Å². The average molecular weight is 288 g/mol. The van der Waals surface area contributed by atoms with Crippen LogP contribution in [0.2, 0.25) is 0 Å². The maximum absolute atomic E-state index is 12.6. The number of hydrogen-bond donors (Lipinski definition) is 1. The van der Waals surface area contributed by atoms with Crippen LogP contribution < -0.4 is 5.73 Å². The molecule has 0 unspecified atom stereocenters. The summed E-state index contributed by atoms with van der Waals surface area (Å²) in [6, 6.07) is 0. The summed E-state index contributed by atoms with van der Waals surface area (Å²) >= 11 is 0. The molecule has 0 amide bonds. The Morgan fingerprint density at radius 3 is 2.41 bits per heavy atom. The average Bonchev–Trinajstić information content (AvgIpc) is 2.14. The molecule has 7 nitrogen and oxygen atoms in total. The molecule has 17 heavy (non-hydrogen) atoms. The molecule has 0 bridgehead atoms. The van der Waals surface area contributed by atoms with E-state index >= 15 is 0 Å². The van der Waals surface area contributed by atoms with Crippen LogP contribution in [0.1, 0.15) is 12.0 Å². The number of nitro groups is 1. The van der Waals surface area contributed by atoms with Gasteiger partial charge in [-0.3, -0.25) is 10.1 Å². The number of nitrogen functional groups attached to an aromatic ring is 1. The van der Waals surface area contributed by atoms with Gasteiger partial charge in [0.2, 0.25) is 5.82 Å². The Kier molecular flexibility index (Phi) is 3.48. The third-order valence-corrected chi connectivity index (χ3v) is 3.10. The van der Waals surface area contributed by atoms with Gasteiger partial charge in [0.15, 0.2) is 0 Å². The molecule has 11 heteroatoms. The molecular formula is C6H4ClF2N3O4S. The van der Waals surface area contributed by atoms with Crippen LogP contribution in [0.5, 0.6) is 0 Å². The van der Waals surface area contributed by atoms with E-state index in [2.05, 4.69) is 4.98 Å². The number of rotatable bonds is 3. The molecule has 0 radical (unpaired) electrons.